The number of urea groups is 1. The van der Waals surface area contributed by atoms with E-state index >= 15 is 0 Å². The number of rotatable bonds is 8. The predicted octanol–water partition coefficient (Wildman–Crippen LogP) is 5.21. The zero-order chi connectivity index (χ0) is 23.9. The van der Waals surface area contributed by atoms with Gasteiger partial charge in [-0.05, 0) is 79.3 Å². The summed E-state index contributed by atoms with van der Waals surface area (Å²) in [5, 5.41) is 5.71. The summed E-state index contributed by atoms with van der Waals surface area (Å²) in [7, 11) is 0. The number of anilines is 1. The summed E-state index contributed by atoms with van der Waals surface area (Å²) < 4.78 is 13.3. The fourth-order valence-electron chi connectivity index (χ4n) is 4.44. The summed E-state index contributed by atoms with van der Waals surface area (Å²) in [4.78, 5) is 26.1. The Hall–Kier alpha value is -3.51. The molecule has 1 aliphatic heterocycles. The minimum absolute atomic E-state index is 0.00549. The van der Waals surface area contributed by atoms with E-state index in [0.29, 0.717) is 23.8 Å². The SMILES string of the molecule is CC(=O)c1ccc(NC(=O)NCCCN2Cc3ccccc3CC2Cc2ccc(F)cc2)cc1. The molecular weight excluding hydrogens is 429 g/mol. The molecule has 0 aromatic heterocycles. The van der Waals surface area contributed by atoms with Crippen LogP contribution in [0.15, 0.2) is 72.8 Å². The largest absolute Gasteiger partial charge is 0.338 e. The van der Waals surface area contributed by atoms with Crippen LogP contribution in [0.1, 0.15) is 40.4 Å². The van der Waals surface area contributed by atoms with Gasteiger partial charge in [0.1, 0.15) is 5.82 Å². The number of hydrogen-bond donors (Lipinski definition) is 2. The van der Waals surface area contributed by atoms with Crippen LogP contribution in [0.3, 0.4) is 0 Å². The molecule has 0 saturated heterocycles. The van der Waals surface area contributed by atoms with Gasteiger partial charge in [-0.25, -0.2) is 9.18 Å². The maximum Gasteiger partial charge on any atom is 0.319 e. The molecule has 1 atom stereocenters. The first kappa shape index (κ1) is 23.6. The van der Waals surface area contributed by atoms with E-state index in [4.69, 9.17) is 0 Å². The number of amides is 2. The number of Topliss-reactive ketones (excluding diaryl/α,β-unsaturated/α-hetero) is 1. The fraction of sp³-hybridized carbons (Fsp3) is 0.286. The molecule has 6 heteroatoms. The van der Waals surface area contributed by atoms with E-state index in [2.05, 4.69) is 39.8 Å². The molecule has 0 radical (unpaired) electrons. The monoisotopic (exact) mass is 459 g/mol. The van der Waals surface area contributed by atoms with Crippen molar-refractivity contribution < 1.29 is 14.0 Å². The van der Waals surface area contributed by atoms with Gasteiger partial charge >= 0.3 is 6.03 Å². The van der Waals surface area contributed by atoms with Crippen molar-refractivity contribution in [1.82, 2.24) is 10.2 Å². The van der Waals surface area contributed by atoms with Crippen molar-refractivity contribution in [2.24, 2.45) is 0 Å². The Morgan fingerprint density at radius 3 is 2.38 bits per heavy atom. The number of nitrogens with zero attached hydrogens (tertiary/aromatic N) is 1. The van der Waals surface area contributed by atoms with Gasteiger partial charge in [-0.15, -0.1) is 0 Å². The summed E-state index contributed by atoms with van der Waals surface area (Å²) in [5.41, 5.74) is 5.11. The van der Waals surface area contributed by atoms with E-state index in [1.807, 2.05) is 12.1 Å². The van der Waals surface area contributed by atoms with E-state index < -0.39 is 0 Å². The highest BCUT2D eigenvalue weighted by Crippen LogP contribution is 2.25. The fourth-order valence-corrected chi connectivity index (χ4v) is 4.44. The standard InChI is InChI=1S/C28H30FN3O2/c1-20(33)22-9-13-26(14-10-22)31-28(34)30-15-4-16-32-19-24-6-3-2-5-23(24)18-27(32)17-21-7-11-25(29)12-8-21/h2-3,5-14,27H,4,15-19H2,1H3,(H2,30,31,34). The van der Waals surface area contributed by atoms with Crippen molar-refractivity contribution in [3.05, 3.63) is 101 Å². The summed E-state index contributed by atoms with van der Waals surface area (Å²) in [6, 6.07) is 22.2. The van der Waals surface area contributed by atoms with Crippen molar-refractivity contribution in [2.45, 2.75) is 38.8 Å². The second-order valence-corrected chi connectivity index (χ2v) is 8.80. The number of hydrogen-bond acceptors (Lipinski definition) is 3. The predicted molar refractivity (Wildman–Crippen MR) is 133 cm³/mol. The zero-order valence-electron chi connectivity index (χ0n) is 19.4. The van der Waals surface area contributed by atoms with E-state index in [1.165, 1.54) is 30.2 Å². The third-order valence-electron chi connectivity index (χ3n) is 6.31. The second-order valence-electron chi connectivity index (χ2n) is 8.80. The van der Waals surface area contributed by atoms with Gasteiger partial charge in [0.15, 0.2) is 5.78 Å². The molecule has 2 amide bonds. The van der Waals surface area contributed by atoms with Crippen LogP contribution in [0.4, 0.5) is 14.9 Å². The van der Waals surface area contributed by atoms with Gasteiger partial charge in [-0.1, -0.05) is 36.4 Å². The molecule has 2 N–H and O–H groups in total. The molecule has 0 saturated carbocycles. The molecule has 4 rings (SSSR count). The maximum absolute atomic E-state index is 13.3. The van der Waals surface area contributed by atoms with Crippen LogP contribution in [-0.2, 0) is 19.4 Å². The summed E-state index contributed by atoms with van der Waals surface area (Å²) in [6.45, 7) is 3.80. The number of nitrogens with one attached hydrogen (secondary N) is 2. The van der Waals surface area contributed by atoms with E-state index in [-0.39, 0.29) is 17.6 Å². The van der Waals surface area contributed by atoms with Gasteiger partial charge in [-0.2, -0.15) is 0 Å². The van der Waals surface area contributed by atoms with Crippen LogP contribution >= 0.6 is 0 Å². The molecule has 0 bridgehead atoms. The lowest BCUT2D eigenvalue weighted by Crippen LogP contribution is -2.43. The molecule has 176 valence electrons. The normalized spacial score (nSPS) is 15.4. The van der Waals surface area contributed by atoms with Gasteiger partial charge < -0.3 is 10.6 Å². The molecule has 3 aromatic carbocycles. The Kier molecular flexibility index (Phi) is 7.70. The zero-order valence-corrected chi connectivity index (χ0v) is 19.4. The van der Waals surface area contributed by atoms with Crippen molar-refractivity contribution in [2.75, 3.05) is 18.4 Å². The highest BCUT2D eigenvalue weighted by atomic mass is 19.1. The van der Waals surface area contributed by atoms with Crippen molar-refractivity contribution >= 4 is 17.5 Å². The van der Waals surface area contributed by atoms with Crippen LogP contribution in [0.2, 0.25) is 0 Å². The van der Waals surface area contributed by atoms with E-state index in [1.54, 1.807) is 24.3 Å². The lowest BCUT2D eigenvalue weighted by molar-refractivity contribution is 0.101. The van der Waals surface area contributed by atoms with Crippen molar-refractivity contribution in [1.29, 1.82) is 0 Å². The van der Waals surface area contributed by atoms with Gasteiger partial charge in [0.05, 0.1) is 0 Å². The number of halogens is 1. The number of fused-ring (bicyclic) bond motifs is 1. The first-order valence-electron chi connectivity index (χ1n) is 11.7. The Labute approximate surface area is 200 Å². The molecule has 34 heavy (non-hydrogen) atoms. The smallest absolute Gasteiger partial charge is 0.319 e. The topological polar surface area (TPSA) is 61.4 Å². The highest BCUT2D eigenvalue weighted by molar-refractivity contribution is 5.95. The van der Waals surface area contributed by atoms with Crippen molar-refractivity contribution in [3.63, 3.8) is 0 Å². The third-order valence-corrected chi connectivity index (χ3v) is 6.31. The average molecular weight is 460 g/mol. The summed E-state index contributed by atoms with van der Waals surface area (Å²) >= 11 is 0. The summed E-state index contributed by atoms with van der Waals surface area (Å²) in [6.07, 6.45) is 2.63. The van der Waals surface area contributed by atoms with Gasteiger partial charge in [0.25, 0.3) is 0 Å². The molecule has 1 aliphatic rings. The lowest BCUT2D eigenvalue weighted by atomic mass is 9.90. The minimum Gasteiger partial charge on any atom is -0.338 e. The lowest BCUT2D eigenvalue weighted by Gasteiger charge is -2.37. The molecule has 0 aliphatic carbocycles. The van der Waals surface area contributed by atoms with E-state index in [9.17, 15) is 14.0 Å². The molecular formula is C28H30FN3O2. The Balaban J connectivity index is 1.30. The number of carbonyl (C=O) groups excluding carboxylic acids is 2. The van der Waals surface area contributed by atoms with Gasteiger partial charge in [0.2, 0.25) is 0 Å². The molecule has 0 fully saturated rings. The van der Waals surface area contributed by atoms with Crippen LogP contribution in [0, 0.1) is 5.82 Å². The first-order valence-corrected chi connectivity index (χ1v) is 11.7. The minimum atomic E-state index is -0.262. The molecule has 0 spiro atoms. The van der Waals surface area contributed by atoms with Crippen LogP contribution in [-0.4, -0.2) is 35.8 Å². The number of carbonyl (C=O) groups is 2. The van der Waals surface area contributed by atoms with Crippen molar-refractivity contribution in [3.8, 4) is 0 Å². The Bertz CT molecular complexity index is 1130. The second kappa shape index (κ2) is 11.1. The Morgan fingerprint density at radius 1 is 0.971 bits per heavy atom. The van der Waals surface area contributed by atoms with Crippen LogP contribution in [0.5, 0.6) is 0 Å². The Morgan fingerprint density at radius 2 is 1.68 bits per heavy atom. The molecule has 1 unspecified atom stereocenters. The molecule has 3 aromatic rings. The maximum atomic E-state index is 13.3. The average Bonchev–Trinajstić information content (AvgIpc) is 2.83. The third kappa shape index (κ3) is 6.29. The quantitative estimate of drug-likeness (QED) is 0.359. The van der Waals surface area contributed by atoms with Gasteiger partial charge in [0, 0.05) is 36.9 Å². The van der Waals surface area contributed by atoms with E-state index in [0.717, 1.165) is 37.9 Å². The summed E-state index contributed by atoms with van der Waals surface area (Å²) in [5.74, 6) is -0.220. The number of ketones is 1. The van der Waals surface area contributed by atoms with Gasteiger partial charge in [-0.3, -0.25) is 9.69 Å². The molecule has 1 heterocycles. The number of benzene rings is 3. The molecule has 5 nitrogen and oxygen atoms in total. The first-order chi connectivity index (χ1) is 16.5. The highest BCUT2D eigenvalue weighted by Gasteiger charge is 2.25. The van der Waals surface area contributed by atoms with Crippen LogP contribution < -0.4 is 10.6 Å². The van der Waals surface area contributed by atoms with Crippen LogP contribution in [0.25, 0.3) is 0 Å².